The van der Waals surface area contributed by atoms with E-state index in [0.717, 1.165) is 12.0 Å². The lowest BCUT2D eigenvalue weighted by Crippen LogP contribution is -1.95. The second-order valence-corrected chi connectivity index (χ2v) is 5.59. The van der Waals surface area contributed by atoms with Crippen molar-refractivity contribution in [1.82, 2.24) is 10.1 Å². The highest BCUT2D eigenvalue weighted by Crippen LogP contribution is 2.42. The smallest absolute Gasteiger partial charge is 0.240 e. The van der Waals surface area contributed by atoms with Crippen molar-refractivity contribution < 1.29 is 4.52 Å². The van der Waals surface area contributed by atoms with Crippen molar-refractivity contribution in [2.24, 2.45) is 5.73 Å². The highest BCUT2D eigenvalue weighted by molar-refractivity contribution is 8.00. The molecular weight excluding hydrogens is 234 g/mol. The van der Waals surface area contributed by atoms with Gasteiger partial charge >= 0.3 is 0 Å². The van der Waals surface area contributed by atoms with Crippen LogP contribution in [-0.4, -0.2) is 15.4 Å². The van der Waals surface area contributed by atoms with E-state index in [-0.39, 0.29) is 6.54 Å². The van der Waals surface area contributed by atoms with Gasteiger partial charge in [0, 0.05) is 15.7 Å². The molecule has 4 nitrogen and oxygen atoms in total. The van der Waals surface area contributed by atoms with E-state index in [2.05, 4.69) is 23.1 Å². The molecule has 0 radical (unpaired) electrons. The van der Waals surface area contributed by atoms with Gasteiger partial charge in [0.1, 0.15) is 0 Å². The number of nitrogens with two attached hydrogens (primary N) is 1. The molecule has 1 atom stereocenters. The highest BCUT2D eigenvalue weighted by atomic mass is 32.2. The molecule has 1 aromatic carbocycles. The fraction of sp³-hybridized carbons (Fsp3) is 0.333. The molecule has 0 saturated heterocycles. The molecular formula is C12H13N3OS. The van der Waals surface area contributed by atoms with Gasteiger partial charge in [-0.05, 0) is 18.1 Å². The Morgan fingerprint density at radius 1 is 1.53 bits per heavy atom. The molecule has 1 aliphatic heterocycles. The summed E-state index contributed by atoms with van der Waals surface area (Å²) in [6.45, 7) is 2.52. The maximum Gasteiger partial charge on any atom is 0.240 e. The van der Waals surface area contributed by atoms with Crippen LogP contribution in [-0.2, 0) is 13.0 Å². The summed E-state index contributed by atoms with van der Waals surface area (Å²) in [5.41, 5.74) is 7.90. The summed E-state index contributed by atoms with van der Waals surface area (Å²) in [6, 6.07) is 6.25. The van der Waals surface area contributed by atoms with Gasteiger partial charge in [-0.1, -0.05) is 24.2 Å². The lowest BCUT2D eigenvalue weighted by Gasteiger charge is -2.02. The summed E-state index contributed by atoms with van der Waals surface area (Å²) in [5, 5.41) is 4.60. The number of hydrogen-bond acceptors (Lipinski definition) is 5. The molecule has 3 rings (SSSR count). The van der Waals surface area contributed by atoms with Gasteiger partial charge in [-0.2, -0.15) is 4.98 Å². The molecule has 0 aliphatic carbocycles. The fourth-order valence-corrected chi connectivity index (χ4v) is 3.31. The summed E-state index contributed by atoms with van der Waals surface area (Å²) in [4.78, 5) is 5.57. The summed E-state index contributed by atoms with van der Waals surface area (Å²) < 4.78 is 5.06. The van der Waals surface area contributed by atoms with Crippen LogP contribution in [0.25, 0.3) is 11.4 Å². The quantitative estimate of drug-likeness (QED) is 0.881. The summed E-state index contributed by atoms with van der Waals surface area (Å²) in [7, 11) is 0. The SMILES string of the molecule is CC1Cc2cccc(-c3noc(CN)n3)c2S1. The Morgan fingerprint density at radius 2 is 2.41 bits per heavy atom. The van der Waals surface area contributed by atoms with Gasteiger partial charge in [0.15, 0.2) is 0 Å². The second kappa shape index (κ2) is 4.16. The first-order valence-corrected chi connectivity index (χ1v) is 6.47. The van der Waals surface area contributed by atoms with E-state index in [4.69, 9.17) is 10.3 Å². The van der Waals surface area contributed by atoms with E-state index < -0.39 is 0 Å². The van der Waals surface area contributed by atoms with Crippen LogP contribution >= 0.6 is 11.8 Å². The van der Waals surface area contributed by atoms with E-state index in [9.17, 15) is 0 Å². The lowest BCUT2D eigenvalue weighted by molar-refractivity contribution is 0.380. The van der Waals surface area contributed by atoms with Crippen molar-refractivity contribution in [3.05, 3.63) is 29.7 Å². The molecule has 1 aliphatic rings. The maximum atomic E-state index is 5.47. The largest absolute Gasteiger partial charge is 0.338 e. The molecule has 0 amide bonds. The van der Waals surface area contributed by atoms with Gasteiger partial charge in [-0.25, -0.2) is 0 Å². The summed E-state index contributed by atoms with van der Waals surface area (Å²) in [6.07, 6.45) is 1.11. The minimum absolute atomic E-state index is 0.283. The molecule has 1 unspecified atom stereocenters. The number of benzene rings is 1. The fourth-order valence-electron chi connectivity index (χ4n) is 2.06. The molecule has 0 spiro atoms. The van der Waals surface area contributed by atoms with E-state index in [0.29, 0.717) is 17.0 Å². The summed E-state index contributed by atoms with van der Waals surface area (Å²) >= 11 is 1.88. The first-order chi connectivity index (χ1) is 8.28. The predicted molar refractivity (Wildman–Crippen MR) is 66.6 cm³/mol. The van der Waals surface area contributed by atoms with Crippen LogP contribution in [0.1, 0.15) is 18.4 Å². The monoisotopic (exact) mass is 247 g/mol. The lowest BCUT2D eigenvalue weighted by atomic mass is 10.1. The summed E-state index contributed by atoms with van der Waals surface area (Å²) in [5.74, 6) is 1.12. The van der Waals surface area contributed by atoms with Gasteiger partial charge in [-0.3, -0.25) is 0 Å². The van der Waals surface area contributed by atoms with Gasteiger partial charge in [0.05, 0.1) is 6.54 Å². The van der Waals surface area contributed by atoms with Crippen LogP contribution in [0.5, 0.6) is 0 Å². The molecule has 5 heteroatoms. The molecule has 88 valence electrons. The van der Waals surface area contributed by atoms with Gasteiger partial charge in [0.2, 0.25) is 11.7 Å². The highest BCUT2D eigenvalue weighted by Gasteiger charge is 2.23. The second-order valence-electron chi connectivity index (χ2n) is 4.14. The number of aromatic nitrogens is 2. The molecule has 0 saturated carbocycles. The Morgan fingerprint density at radius 3 is 3.18 bits per heavy atom. The number of nitrogens with zero attached hydrogens (tertiary/aromatic N) is 2. The van der Waals surface area contributed by atoms with Crippen LogP contribution in [0.15, 0.2) is 27.6 Å². The van der Waals surface area contributed by atoms with Crippen LogP contribution in [0, 0.1) is 0 Å². The minimum atomic E-state index is 0.283. The molecule has 0 fully saturated rings. The van der Waals surface area contributed by atoms with Crippen LogP contribution < -0.4 is 5.73 Å². The van der Waals surface area contributed by atoms with Crippen LogP contribution in [0.2, 0.25) is 0 Å². The number of rotatable bonds is 2. The van der Waals surface area contributed by atoms with Crippen molar-refractivity contribution >= 4 is 11.8 Å². The third kappa shape index (κ3) is 1.85. The zero-order chi connectivity index (χ0) is 11.8. The van der Waals surface area contributed by atoms with Crippen LogP contribution in [0.4, 0.5) is 0 Å². The minimum Gasteiger partial charge on any atom is -0.338 e. The topological polar surface area (TPSA) is 64.9 Å². The number of hydrogen-bond donors (Lipinski definition) is 1. The van der Waals surface area contributed by atoms with Crippen LogP contribution in [0.3, 0.4) is 0 Å². The van der Waals surface area contributed by atoms with Gasteiger partial charge in [0.25, 0.3) is 0 Å². The molecule has 17 heavy (non-hydrogen) atoms. The number of fused-ring (bicyclic) bond motifs is 1. The number of thioether (sulfide) groups is 1. The van der Waals surface area contributed by atoms with E-state index in [1.54, 1.807) is 0 Å². The standard InChI is InChI=1S/C12H13N3OS/c1-7-5-8-3-2-4-9(11(8)17-7)12-14-10(6-13)16-15-12/h2-4,7H,5-6,13H2,1H3. The Bertz CT molecular complexity index is 552. The molecule has 0 bridgehead atoms. The molecule has 2 aromatic rings. The Labute approximate surface area is 104 Å². The third-order valence-corrected chi connectivity index (χ3v) is 4.09. The van der Waals surface area contributed by atoms with Gasteiger partial charge in [-0.15, -0.1) is 11.8 Å². The average Bonchev–Trinajstić information content (AvgIpc) is 2.92. The normalized spacial score (nSPS) is 18.4. The molecule has 1 aromatic heterocycles. The predicted octanol–water partition coefficient (Wildman–Crippen LogP) is 2.23. The van der Waals surface area contributed by atoms with Crippen molar-refractivity contribution in [3.63, 3.8) is 0 Å². The van der Waals surface area contributed by atoms with Crippen molar-refractivity contribution in [3.8, 4) is 11.4 Å². The first kappa shape index (κ1) is 10.8. The van der Waals surface area contributed by atoms with Crippen molar-refractivity contribution in [1.29, 1.82) is 0 Å². The zero-order valence-electron chi connectivity index (χ0n) is 9.51. The van der Waals surface area contributed by atoms with Crippen molar-refractivity contribution in [2.75, 3.05) is 0 Å². The van der Waals surface area contributed by atoms with E-state index >= 15 is 0 Å². The van der Waals surface area contributed by atoms with Gasteiger partial charge < -0.3 is 10.3 Å². The van der Waals surface area contributed by atoms with E-state index in [1.165, 1.54) is 10.5 Å². The Balaban J connectivity index is 2.07. The average molecular weight is 247 g/mol. The van der Waals surface area contributed by atoms with E-state index in [1.807, 2.05) is 23.9 Å². The van der Waals surface area contributed by atoms with Crippen molar-refractivity contribution in [2.45, 2.75) is 30.0 Å². The molecule has 2 N–H and O–H groups in total. The third-order valence-electron chi connectivity index (χ3n) is 2.81. The first-order valence-electron chi connectivity index (χ1n) is 5.59. The Hall–Kier alpha value is -1.33. The maximum absolute atomic E-state index is 5.47. The Kier molecular flexibility index (Phi) is 2.64. The molecule has 2 heterocycles. The zero-order valence-corrected chi connectivity index (χ0v) is 10.3.